The third-order valence-electron chi connectivity index (χ3n) is 4.45. The number of aromatic amines is 1. The first-order valence-corrected chi connectivity index (χ1v) is 10.0. The number of fused-ring (bicyclic) bond motifs is 3. The summed E-state index contributed by atoms with van der Waals surface area (Å²) < 4.78 is 1.95. The van der Waals surface area contributed by atoms with E-state index in [1.54, 1.807) is 0 Å². The highest BCUT2D eigenvalue weighted by Gasteiger charge is 2.16. The maximum Gasteiger partial charge on any atom is 0.231 e. The van der Waals surface area contributed by atoms with Gasteiger partial charge in [-0.3, -0.25) is 9.20 Å². The molecule has 1 amide bonds. The van der Waals surface area contributed by atoms with E-state index in [2.05, 4.69) is 39.6 Å². The summed E-state index contributed by atoms with van der Waals surface area (Å²) in [5.74, 6) is 0.995. The monoisotopic (exact) mass is 379 g/mol. The van der Waals surface area contributed by atoms with E-state index in [1.165, 1.54) is 11.8 Å². The van der Waals surface area contributed by atoms with E-state index in [1.807, 2.05) is 46.9 Å². The Morgan fingerprint density at radius 3 is 2.78 bits per heavy atom. The zero-order valence-corrected chi connectivity index (χ0v) is 15.9. The predicted molar refractivity (Wildman–Crippen MR) is 108 cm³/mol. The first-order chi connectivity index (χ1) is 13.3. The van der Waals surface area contributed by atoms with Crippen LogP contribution in [0.3, 0.4) is 0 Å². The SMILES string of the molecule is CCCC(NC(=O)CSc1n[nH]c2nc3ccccc3n12)c1ccccc1. The molecule has 2 aromatic carbocycles. The smallest absolute Gasteiger partial charge is 0.231 e. The summed E-state index contributed by atoms with van der Waals surface area (Å²) in [7, 11) is 0. The van der Waals surface area contributed by atoms with Gasteiger partial charge in [-0.15, -0.1) is 5.10 Å². The number of nitrogens with zero attached hydrogens (tertiary/aromatic N) is 3. The van der Waals surface area contributed by atoms with Crippen molar-refractivity contribution in [3.63, 3.8) is 0 Å². The van der Waals surface area contributed by atoms with Crippen LogP contribution in [0.4, 0.5) is 0 Å². The summed E-state index contributed by atoms with van der Waals surface area (Å²) in [6.07, 6.45) is 1.92. The summed E-state index contributed by atoms with van der Waals surface area (Å²) in [6.45, 7) is 2.13. The second kappa shape index (κ2) is 7.84. The number of rotatable bonds is 7. The van der Waals surface area contributed by atoms with Crippen LogP contribution in [0.2, 0.25) is 0 Å². The molecule has 0 aliphatic heterocycles. The number of nitrogens with one attached hydrogen (secondary N) is 2. The Morgan fingerprint density at radius 1 is 1.19 bits per heavy atom. The number of hydrogen-bond donors (Lipinski definition) is 2. The fourth-order valence-electron chi connectivity index (χ4n) is 3.20. The molecule has 1 atom stereocenters. The molecule has 4 aromatic rings. The molecule has 2 N–H and O–H groups in total. The fraction of sp³-hybridized carbons (Fsp3) is 0.250. The fourth-order valence-corrected chi connectivity index (χ4v) is 3.97. The predicted octanol–water partition coefficient (Wildman–Crippen LogP) is 3.96. The molecule has 4 rings (SSSR count). The minimum absolute atomic E-state index is 0.00266. The lowest BCUT2D eigenvalue weighted by molar-refractivity contribution is -0.119. The Balaban J connectivity index is 1.46. The number of H-pyrrole nitrogens is 1. The highest BCUT2D eigenvalue weighted by atomic mass is 32.2. The number of thioether (sulfide) groups is 1. The van der Waals surface area contributed by atoms with E-state index in [0.29, 0.717) is 11.5 Å². The quantitative estimate of drug-likeness (QED) is 0.477. The maximum absolute atomic E-state index is 12.5. The summed E-state index contributed by atoms with van der Waals surface area (Å²) in [5.41, 5.74) is 3.03. The Labute approximate surface area is 161 Å². The highest BCUT2D eigenvalue weighted by Crippen LogP contribution is 2.23. The van der Waals surface area contributed by atoms with Crippen LogP contribution in [-0.4, -0.2) is 31.2 Å². The summed E-state index contributed by atoms with van der Waals surface area (Å²) in [6, 6.07) is 18.0. The van der Waals surface area contributed by atoms with E-state index in [4.69, 9.17) is 0 Å². The van der Waals surface area contributed by atoms with Crippen LogP contribution in [0, 0.1) is 0 Å². The van der Waals surface area contributed by atoms with Gasteiger partial charge in [0.25, 0.3) is 0 Å². The van der Waals surface area contributed by atoms with Gasteiger partial charge in [-0.1, -0.05) is 67.6 Å². The zero-order chi connectivity index (χ0) is 18.6. The van der Waals surface area contributed by atoms with Gasteiger partial charge in [0, 0.05) is 0 Å². The molecule has 6 nitrogen and oxygen atoms in total. The van der Waals surface area contributed by atoms with E-state index >= 15 is 0 Å². The first-order valence-electron chi connectivity index (χ1n) is 9.05. The molecule has 0 spiro atoms. The van der Waals surface area contributed by atoms with Crippen molar-refractivity contribution in [3.05, 3.63) is 60.2 Å². The van der Waals surface area contributed by atoms with Gasteiger partial charge < -0.3 is 5.32 Å². The molecule has 0 fully saturated rings. The molecule has 1 unspecified atom stereocenters. The van der Waals surface area contributed by atoms with Gasteiger partial charge >= 0.3 is 0 Å². The summed E-state index contributed by atoms with van der Waals surface area (Å²) in [4.78, 5) is 17.0. The molecular formula is C20H21N5OS. The lowest BCUT2D eigenvalue weighted by atomic mass is 10.0. The topological polar surface area (TPSA) is 75.1 Å². The third-order valence-corrected chi connectivity index (χ3v) is 5.39. The van der Waals surface area contributed by atoms with Gasteiger partial charge in [0.05, 0.1) is 22.8 Å². The molecular weight excluding hydrogens is 358 g/mol. The molecule has 27 heavy (non-hydrogen) atoms. The number of para-hydroxylation sites is 2. The van der Waals surface area contributed by atoms with Crippen molar-refractivity contribution >= 4 is 34.5 Å². The van der Waals surface area contributed by atoms with Gasteiger partial charge in [-0.2, -0.15) is 0 Å². The maximum atomic E-state index is 12.5. The van der Waals surface area contributed by atoms with E-state index < -0.39 is 0 Å². The van der Waals surface area contributed by atoms with Crippen molar-refractivity contribution in [2.75, 3.05) is 5.75 Å². The van der Waals surface area contributed by atoms with Crippen molar-refractivity contribution in [1.82, 2.24) is 24.9 Å². The van der Waals surface area contributed by atoms with Gasteiger partial charge in [-0.05, 0) is 24.1 Å². The molecule has 0 bridgehead atoms. The largest absolute Gasteiger partial charge is 0.349 e. The van der Waals surface area contributed by atoms with Crippen molar-refractivity contribution < 1.29 is 4.79 Å². The minimum Gasteiger partial charge on any atom is -0.349 e. The summed E-state index contributed by atoms with van der Waals surface area (Å²) in [5, 5.41) is 11.1. The van der Waals surface area contributed by atoms with Gasteiger partial charge in [0.15, 0.2) is 5.16 Å². The standard InChI is InChI=1S/C20H21N5OS/c1-2-8-15(14-9-4-3-5-10-14)21-18(26)13-27-20-24-23-19-22-16-11-6-7-12-17(16)25(19)20/h3-7,9-12,15H,2,8,13H2,1H3,(H,21,26)(H,22,23). The average Bonchev–Trinajstić information content (AvgIpc) is 3.26. The van der Waals surface area contributed by atoms with Crippen LogP contribution in [0.15, 0.2) is 59.8 Å². The minimum atomic E-state index is 0.00266. The van der Waals surface area contributed by atoms with Gasteiger partial charge in [-0.25, -0.2) is 10.1 Å². The molecule has 0 aliphatic rings. The van der Waals surface area contributed by atoms with Crippen LogP contribution in [0.1, 0.15) is 31.4 Å². The van der Waals surface area contributed by atoms with Crippen LogP contribution in [0.25, 0.3) is 16.8 Å². The number of carbonyl (C=O) groups is 1. The highest BCUT2D eigenvalue weighted by molar-refractivity contribution is 7.99. The lowest BCUT2D eigenvalue weighted by Crippen LogP contribution is -2.30. The number of imidazole rings is 1. The number of benzene rings is 2. The number of aromatic nitrogens is 4. The molecule has 0 saturated carbocycles. The van der Waals surface area contributed by atoms with E-state index in [9.17, 15) is 4.79 Å². The van der Waals surface area contributed by atoms with Crippen molar-refractivity contribution in [2.45, 2.75) is 31.0 Å². The Kier molecular flexibility index (Phi) is 5.11. The molecule has 0 saturated heterocycles. The second-order valence-electron chi connectivity index (χ2n) is 6.37. The number of carbonyl (C=O) groups excluding carboxylic acids is 1. The molecule has 7 heteroatoms. The molecule has 0 aliphatic carbocycles. The number of amides is 1. The first kappa shape index (κ1) is 17.6. The molecule has 2 heterocycles. The van der Waals surface area contributed by atoms with Gasteiger partial charge in [0.1, 0.15) is 0 Å². The Bertz CT molecular complexity index is 1060. The Morgan fingerprint density at radius 2 is 1.96 bits per heavy atom. The van der Waals surface area contributed by atoms with E-state index in [0.717, 1.165) is 34.6 Å². The molecule has 2 aromatic heterocycles. The average molecular weight is 379 g/mol. The van der Waals surface area contributed by atoms with Crippen molar-refractivity contribution in [3.8, 4) is 0 Å². The van der Waals surface area contributed by atoms with Crippen molar-refractivity contribution in [2.24, 2.45) is 0 Å². The van der Waals surface area contributed by atoms with Crippen LogP contribution >= 0.6 is 11.8 Å². The van der Waals surface area contributed by atoms with Crippen LogP contribution < -0.4 is 5.32 Å². The van der Waals surface area contributed by atoms with E-state index in [-0.39, 0.29) is 11.9 Å². The van der Waals surface area contributed by atoms with Crippen molar-refractivity contribution in [1.29, 1.82) is 0 Å². The number of hydrogen-bond acceptors (Lipinski definition) is 4. The zero-order valence-electron chi connectivity index (χ0n) is 15.1. The molecule has 138 valence electrons. The van der Waals surface area contributed by atoms with Crippen LogP contribution in [0.5, 0.6) is 0 Å². The van der Waals surface area contributed by atoms with Gasteiger partial charge in [0.2, 0.25) is 11.7 Å². The lowest BCUT2D eigenvalue weighted by Gasteiger charge is -2.18. The third kappa shape index (κ3) is 3.68. The Hall–Kier alpha value is -2.80. The van der Waals surface area contributed by atoms with Crippen LogP contribution in [-0.2, 0) is 4.79 Å². The normalized spacial score (nSPS) is 12.5. The summed E-state index contributed by atoms with van der Waals surface area (Å²) >= 11 is 1.41. The second-order valence-corrected chi connectivity index (χ2v) is 7.32. The molecule has 0 radical (unpaired) electrons.